The topological polar surface area (TPSA) is 76.9 Å². The molecule has 1 aliphatic heterocycles. The summed E-state index contributed by atoms with van der Waals surface area (Å²) in [6, 6.07) is 6.94. The molecule has 0 aliphatic carbocycles. The highest BCUT2D eigenvalue weighted by molar-refractivity contribution is 8.14. The minimum absolute atomic E-state index is 0.0843. The Morgan fingerprint density at radius 2 is 2.09 bits per heavy atom. The van der Waals surface area contributed by atoms with Crippen LogP contribution in [0.4, 0.5) is 11.6 Å². The number of thiophene rings is 1. The van der Waals surface area contributed by atoms with Gasteiger partial charge in [-0.3, -0.25) is 4.68 Å². The second kappa shape index (κ2) is 9.85. The van der Waals surface area contributed by atoms with Gasteiger partial charge in [-0.05, 0) is 64.2 Å². The number of rotatable bonds is 6. The largest absolute Gasteiger partial charge is 0.496 e. The number of ether oxygens (including phenoxy) is 1. The van der Waals surface area contributed by atoms with Crippen LogP contribution in [0, 0.1) is 6.92 Å². The van der Waals surface area contributed by atoms with Crippen LogP contribution in [0.1, 0.15) is 30.7 Å². The number of methoxy groups -OCH3 is 1. The highest BCUT2D eigenvalue weighted by Crippen LogP contribution is 2.43. The van der Waals surface area contributed by atoms with Crippen molar-refractivity contribution in [2.24, 2.45) is 0 Å². The molecule has 0 saturated carbocycles. The van der Waals surface area contributed by atoms with E-state index in [-0.39, 0.29) is 10.5 Å². The summed E-state index contributed by atoms with van der Waals surface area (Å²) in [6.07, 6.45) is 10.2. The number of aryl methyl sites for hydroxylation is 1. The Balaban J connectivity index is 1.48. The van der Waals surface area contributed by atoms with Gasteiger partial charge in [0.25, 0.3) is 0 Å². The van der Waals surface area contributed by atoms with Gasteiger partial charge in [-0.1, -0.05) is 5.37 Å². The van der Waals surface area contributed by atoms with E-state index in [9.17, 15) is 0 Å². The molecule has 0 amide bonds. The molecule has 9 heteroatoms. The summed E-state index contributed by atoms with van der Waals surface area (Å²) >= 11 is 1.71. The first kappa shape index (κ1) is 23.0. The van der Waals surface area contributed by atoms with Gasteiger partial charge in [0, 0.05) is 27.1 Å². The van der Waals surface area contributed by atoms with E-state index in [2.05, 4.69) is 75.3 Å². The second-order valence-electron chi connectivity index (χ2n) is 8.41. The lowest BCUT2D eigenvalue weighted by Crippen LogP contribution is -2.29. The van der Waals surface area contributed by atoms with Gasteiger partial charge < -0.3 is 15.4 Å². The summed E-state index contributed by atoms with van der Waals surface area (Å²) in [4.78, 5) is 12.0. The number of fused-ring (bicyclic) bond motifs is 1. The molecule has 3 aromatic heterocycles. The predicted octanol–water partition coefficient (Wildman–Crippen LogP) is 5.62. The summed E-state index contributed by atoms with van der Waals surface area (Å²) < 4.78 is 8.94. The molecule has 1 aliphatic rings. The highest BCUT2D eigenvalue weighted by Gasteiger charge is 2.19. The maximum atomic E-state index is 5.82. The van der Waals surface area contributed by atoms with Gasteiger partial charge >= 0.3 is 0 Å². The molecule has 0 spiro atoms. The fourth-order valence-corrected chi connectivity index (χ4v) is 6.24. The van der Waals surface area contributed by atoms with Crippen molar-refractivity contribution in [1.82, 2.24) is 25.1 Å². The summed E-state index contributed by atoms with van der Waals surface area (Å²) in [7, 11) is 1.82. The molecular weight excluding hydrogens is 464 g/mol. The Bertz CT molecular complexity index is 1350. The smallest absolute Gasteiger partial charge is 0.227 e. The van der Waals surface area contributed by atoms with Crippen molar-refractivity contribution in [1.29, 1.82) is 0 Å². The van der Waals surface area contributed by atoms with E-state index in [4.69, 9.17) is 9.72 Å². The van der Waals surface area contributed by atoms with Crippen LogP contribution < -0.4 is 15.4 Å². The third-order valence-corrected chi connectivity index (χ3v) is 9.05. The maximum absolute atomic E-state index is 5.82. The lowest BCUT2D eigenvalue weighted by molar-refractivity contribution is 0.343. The molecule has 178 valence electrons. The molecule has 1 saturated heterocycles. The van der Waals surface area contributed by atoms with Crippen molar-refractivity contribution in [3.63, 3.8) is 0 Å². The Morgan fingerprint density at radius 1 is 1.26 bits per heavy atom. The summed E-state index contributed by atoms with van der Waals surface area (Å²) in [6.45, 7) is 6.30. The van der Waals surface area contributed by atoms with Crippen molar-refractivity contribution < 1.29 is 4.74 Å². The number of hydrogen-bond acceptors (Lipinski definition) is 7. The number of nitrogens with one attached hydrogen (secondary N) is 2. The van der Waals surface area contributed by atoms with Crippen LogP contribution >= 0.6 is 21.8 Å². The van der Waals surface area contributed by atoms with Crippen LogP contribution in [0.25, 0.3) is 21.3 Å². The van der Waals surface area contributed by atoms with E-state index in [0.29, 0.717) is 12.0 Å². The number of anilines is 2. The fraction of sp³-hybridized carbons (Fsp3) is 0.360. The van der Waals surface area contributed by atoms with Gasteiger partial charge in [-0.2, -0.15) is 15.6 Å². The Labute approximate surface area is 206 Å². The van der Waals surface area contributed by atoms with Gasteiger partial charge in [-0.15, -0.1) is 11.3 Å². The third-order valence-electron chi connectivity index (χ3n) is 6.32. The molecule has 5 rings (SSSR count). The van der Waals surface area contributed by atoms with Crippen LogP contribution in [-0.2, 0) is 0 Å². The van der Waals surface area contributed by atoms with Gasteiger partial charge in [0.1, 0.15) is 5.75 Å². The number of piperidine rings is 1. The van der Waals surface area contributed by atoms with Crippen LogP contribution in [0.5, 0.6) is 5.75 Å². The Morgan fingerprint density at radius 3 is 2.85 bits per heavy atom. The van der Waals surface area contributed by atoms with Crippen LogP contribution in [0.3, 0.4) is 0 Å². The molecule has 34 heavy (non-hydrogen) atoms. The van der Waals surface area contributed by atoms with E-state index in [0.717, 1.165) is 58.7 Å². The van der Waals surface area contributed by atoms with Crippen LogP contribution in [0.15, 0.2) is 41.7 Å². The van der Waals surface area contributed by atoms with Gasteiger partial charge in [0.05, 0.1) is 41.4 Å². The SMILES string of the molecule is C/C=S(/C)c1ccc(-c2c(C)sc3cnc(Nc4cnn(C5CCNCC5)c4)nc23)c(OC)c1. The number of benzene rings is 1. The highest BCUT2D eigenvalue weighted by atomic mass is 32.2. The Hall–Kier alpha value is -2.75. The maximum Gasteiger partial charge on any atom is 0.227 e. The molecule has 1 unspecified atom stereocenters. The van der Waals surface area contributed by atoms with E-state index in [1.54, 1.807) is 18.4 Å². The summed E-state index contributed by atoms with van der Waals surface area (Å²) in [5.41, 5.74) is 4.01. The van der Waals surface area contributed by atoms with Gasteiger partial charge in [0.15, 0.2) is 0 Å². The van der Waals surface area contributed by atoms with E-state index in [1.165, 1.54) is 9.77 Å². The van der Waals surface area contributed by atoms with Gasteiger partial charge in [-0.25, -0.2) is 9.97 Å². The molecule has 7 nitrogen and oxygen atoms in total. The lowest BCUT2D eigenvalue weighted by atomic mass is 10.0. The van der Waals surface area contributed by atoms with Crippen molar-refractivity contribution in [2.75, 3.05) is 31.8 Å². The van der Waals surface area contributed by atoms with Crippen LogP contribution in [0.2, 0.25) is 0 Å². The first-order valence-electron chi connectivity index (χ1n) is 11.5. The average molecular weight is 495 g/mol. The number of hydrogen-bond donors (Lipinski definition) is 2. The zero-order valence-corrected chi connectivity index (χ0v) is 21.6. The summed E-state index contributed by atoms with van der Waals surface area (Å²) in [5, 5.41) is 13.5. The average Bonchev–Trinajstić information content (AvgIpc) is 3.47. The van der Waals surface area contributed by atoms with Crippen molar-refractivity contribution in [3.05, 3.63) is 41.7 Å². The minimum Gasteiger partial charge on any atom is -0.496 e. The normalized spacial score (nSPS) is 15.6. The van der Waals surface area contributed by atoms with Gasteiger partial charge in [0.2, 0.25) is 5.95 Å². The van der Waals surface area contributed by atoms with Crippen molar-refractivity contribution in [3.8, 4) is 16.9 Å². The first-order chi connectivity index (χ1) is 16.6. The zero-order valence-electron chi connectivity index (χ0n) is 20.0. The molecule has 2 N–H and O–H groups in total. The molecule has 0 radical (unpaired) electrons. The van der Waals surface area contributed by atoms with E-state index < -0.39 is 0 Å². The first-order valence-corrected chi connectivity index (χ1v) is 14.0. The summed E-state index contributed by atoms with van der Waals surface area (Å²) in [5.74, 6) is 1.44. The van der Waals surface area contributed by atoms with Crippen molar-refractivity contribution in [2.45, 2.75) is 37.6 Å². The zero-order chi connectivity index (χ0) is 23.7. The number of nitrogens with zero attached hydrogens (tertiary/aromatic N) is 4. The minimum atomic E-state index is 0.0843. The van der Waals surface area contributed by atoms with E-state index in [1.807, 2.05) is 12.4 Å². The van der Waals surface area contributed by atoms with Crippen LogP contribution in [-0.4, -0.2) is 51.6 Å². The Kier molecular flexibility index (Phi) is 6.67. The molecule has 4 heterocycles. The number of aromatic nitrogens is 4. The standard InChI is InChI=1S/C25H30N6OS2/c1-5-34(4)19-6-7-20(21(12-19)32-3)23-16(2)33-22-14-27-25(30-24(22)23)29-17-13-28-31(15-17)18-8-10-26-11-9-18/h5-7,12-15,18,26H,8-11H2,1-4H3,(H,27,29,30). The molecule has 1 atom stereocenters. The second-order valence-corrected chi connectivity index (χ2v) is 11.7. The molecule has 0 bridgehead atoms. The van der Waals surface area contributed by atoms with Crippen molar-refractivity contribution >= 4 is 49.0 Å². The molecule has 1 aromatic carbocycles. The van der Waals surface area contributed by atoms with E-state index >= 15 is 0 Å². The molecule has 4 aromatic rings. The lowest BCUT2D eigenvalue weighted by Gasteiger charge is -2.22. The monoisotopic (exact) mass is 494 g/mol. The molecular formula is C25H30N6OS2. The quantitative estimate of drug-likeness (QED) is 0.339. The third kappa shape index (κ3) is 4.47. The molecule has 1 fully saturated rings. The predicted molar refractivity (Wildman–Crippen MR) is 144 cm³/mol. The fourth-order valence-electron chi connectivity index (χ4n) is 4.40.